The maximum Gasteiger partial charge on any atom is 0.197 e. The summed E-state index contributed by atoms with van der Waals surface area (Å²) >= 11 is 0. The van der Waals surface area contributed by atoms with Gasteiger partial charge >= 0.3 is 0 Å². The molecule has 17 heavy (non-hydrogen) atoms. The normalized spacial score (nSPS) is 12.4. The monoisotopic (exact) mass is 241 g/mol. The molecular weight excluding hydrogens is 221 g/mol. The molecule has 1 rings (SSSR count). The lowest BCUT2D eigenvalue weighted by Crippen LogP contribution is -2.08. The number of halogens is 1. The minimum atomic E-state index is -0.395. The van der Waals surface area contributed by atoms with Gasteiger partial charge in [0.1, 0.15) is 0 Å². The predicted octanol–water partition coefficient (Wildman–Crippen LogP) is 2.60. The van der Waals surface area contributed by atoms with Crippen LogP contribution in [0.4, 0.5) is 4.39 Å². The van der Waals surface area contributed by atoms with Gasteiger partial charge in [-0.1, -0.05) is 6.92 Å². The van der Waals surface area contributed by atoms with Crippen LogP contribution >= 0.6 is 0 Å². The van der Waals surface area contributed by atoms with Crippen LogP contribution in [0.15, 0.2) is 6.07 Å². The molecule has 0 aliphatic heterocycles. The van der Waals surface area contributed by atoms with Crippen molar-refractivity contribution in [2.24, 2.45) is 5.73 Å². The van der Waals surface area contributed by atoms with Crippen molar-refractivity contribution >= 4 is 0 Å². The molecule has 96 valence electrons. The van der Waals surface area contributed by atoms with Crippen molar-refractivity contribution < 1.29 is 13.9 Å². The summed E-state index contributed by atoms with van der Waals surface area (Å²) in [6.07, 6.45) is 0.815. The van der Waals surface area contributed by atoms with Crippen molar-refractivity contribution in [3.63, 3.8) is 0 Å². The zero-order chi connectivity index (χ0) is 13.0. The van der Waals surface area contributed by atoms with E-state index in [1.165, 1.54) is 20.3 Å². The van der Waals surface area contributed by atoms with Crippen molar-refractivity contribution in [2.75, 3.05) is 20.8 Å². The number of nitrogens with two attached hydrogens (primary N) is 1. The highest BCUT2D eigenvalue weighted by Crippen LogP contribution is 2.38. The van der Waals surface area contributed by atoms with E-state index in [0.29, 0.717) is 12.3 Å². The fourth-order valence-electron chi connectivity index (χ4n) is 2.07. The highest BCUT2D eigenvalue weighted by Gasteiger charge is 2.19. The van der Waals surface area contributed by atoms with Crippen LogP contribution in [0.25, 0.3) is 0 Å². The molecular formula is C13H20FNO2. The summed E-state index contributed by atoms with van der Waals surface area (Å²) in [5.74, 6) is 0.434. The zero-order valence-corrected chi connectivity index (χ0v) is 10.8. The second-order valence-corrected chi connectivity index (χ2v) is 4.12. The van der Waals surface area contributed by atoms with Gasteiger partial charge in [-0.25, -0.2) is 4.39 Å². The first-order valence-electron chi connectivity index (χ1n) is 5.67. The third-order valence-corrected chi connectivity index (χ3v) is 3.02. The molecule has 0 saturated carbocycles. The van der Waals surface area contributed by atoms with Crippen LogP contribution in [-0.4, -0.2) is 20.8 Å². The van der Waals surface area contributed by atoms with Crippen molar-refractivity contribution in [3.05, 3.63) is 23.0 Å². The molecule has 1 aromatic carbocycles. The predicted molar refractivity (Wildman–Crippen MR) is 66.3 cm³/mol. The molecule has 1 atom stereocenters. The Balaban J connectivity index is 3.30. The number of hydrogen-bond acceptors (Lipinski definition) is 3. The second kappa shape index (κ2) is 5.87. The standard InChI is InChI=1S/C13H20FNO2/c1-8(5-6-15)10-7-11(14)13(17-4)12(16-3)9(10)2/h7-8H,5-6,15H2,1-4H3. The molecule has 3 nitrogen and oxygen atoms in total. The van der Waals surface area contributed by atoms with E-state index in [4.69, 9.17) is 15.2 Å². The Hall–Kier alpha value is -1.29. The van der Waals surface area contributed by atoms with Gasteiger partial charge in [0, 0.05) is 0 Å². The molecule has 0 aromatic heterocycles. The van der Waals surface area contributed by atoms with Gasteiger partial charge in [0.05, 0.1) is 14.2 Å². The number of hydrogen-bond donors (Lipinski definition) is 1. The van der Waals surface area contributed by atoms with Crippen LogP contribution in [0.5, 0.6) is 11.5 Å². The van der Waals surface area contributed by atoms with Crippen LogP contribution in [-0.2, 0) is 0 Å². The molecule has 0 aliphatic carbocycles. The first kappa shape index (κ1) is 13.8. The van der Waals surface area contributed by atoms with E-state index < -0.39 is 5.82 Å². The average Bonchev–Trinajstić information content (AvgIpc) is 2.31. The van der Waals surface area contributed by atoms with E-state index in [-0.39, 0.29) is 11.7 Å². The quantitative estimate of drug-likeness (QED) is 0.861. The smallest absolute Gasteiger partial charge is 0.197 e. The molecule has 1 unspecified atom stereocenters. The number of methoxy groups -OCH3 is 2. The first-order chi connectivity index (χ1) is 8.06. The Morgan fingerprint density at radius 3 is 2.35 bits per heavy atom. The van der Waals surface area contributed by atoms with E-state index in [0.717, 1.165) is 17.5 Å². The van der Waals surface area contributed by atoms with Gasteiger partial charge in [-0.2, -0.15) is 0 Å². The third-order valence-electron chi connectivity index (χ3n) is 3.02. The van der Waals surface area contributed by atoms with Gasteiger partial charge in [0.15, 0.2) is 17.3 Å². The molecule has 0 aliphatic rings. The summed E-state index contributed by atoms with van der Waals surface area (Å²) in [7, 11) is 2.95. The highest BCUT2D eigenvalue weighted by molar-refractivity contribution is 5.52. The van der Waals surface area contributed by atoms with E-state index >= 15 is 0 Å². The largest absolute Gasteiger partial charge is 0.492 e. The summed E-state index contributed by atoms with van der Waals surface area (Å²) < 4.78 is 24.1. The molecule has 0 fully saturated rings. The Labute approximate surface area is 102 Å². The lowest BCUT2D eigenvalue weighted by atomic mass is 9.92. The summed E-state index contributed by atoms with van der Waals surface area (Å²) in [5.41, 5.74) is 7.36. The average molecular weight is 241 g/mol. The van der Waals surface area contributed by atoms with E-state index in [1.54, 1.807) is 0 Å². The Bertz CT molecular complexity index is 393. The number of benzene rings is 1. The van der Waals surface area contributed by atoms with Gasteiger partial charge in [-0.15, -0.1) is 0 Å². The number of ether oxygens (including phenoxy) is 2. The maximum atomic E-state index is 13.8. The first-order valence-corrected chi connectivity index (χ1v) is 5.67. The molecule has 1 aromatic rings. The SMILES string of the molecule is COc1c(F)cc(C(C)CCN)c(C)c1OC. The Morgan fingerprint density at radius 2 is 1.88 bits per heavy atom. The second-order valence-electron chi connectivity index (χ2n) is 4.12. The molecule has 0 spiro atoms. The number of rotatable bonds is 5. The van der Waals surface area contributed by atoms with Crippen LogP contribution in [0.2, 0.25) is 0 Å². The fraction of sp³-hybridized carbons (Fsp3) is 0.538. The third kappa shape index (κ3) is 2.69. The minimum absolute atomic E-state index is 0.161. The van der Waals surface area contributed by atoms with Crippen molar-refractivity contribution in [2.45, 2.75) is 26.2 Å². The fourth-order valence-corrected chi connectivity index (χ4v) is 2.07. The molecule has 0 saturated heterocycles. The Kier molecular flexibility index (Phi) is 4.75. The van der Waals surface area contributed by atoms with Gasteiger partial charge < -0.3 is 15.2 Å². The van der Waals surface area contributed by atoms with Crippen LogP contribution in [0, 0.1) is 12.7 Å². The Morgan fingerprint density at radius 1 is 1.29 bits per heavy atom. The lowest BCUT2D eigenvalue weighted by Gasteiger charge is -2.19. The van der Waals surface area contributed by atoms with Crippen molar-refractivity contribution in [3.8, 4) is 11.5 Å². The summed E-state index contributed by atoms with van der Waals surface area (Å²) in [5, 5.41) is 0. The highest BCUT2D eigenvalue weighted by atomic mass is 19.1. The summed E-state index contributed by atoms with van der Waals surface area (Å²) in [4.78, 5) is 0. The van der Waals surface area contributed by atoms with Gasteiger partial charge in [-0.05, 0) is 43.0 Å². The molecule has 0 amide bonds. The maximum absolute atomic E-state index is 13.8. The van der Waals surface area contributed by atoms with Crippen molar-refractivity contribution in [1.29, 1.82) is 0 Å². The molecule has 2 N–H and O–H groups in total. The van der Waals surface area contributed by atoms with E-state index in [9.17, 15) is 4.39 Å². The van der Waals surface area contributed by atoms with Crippen LogP contribution in [0.3, 0.4) is 0 Å². The summed E-state index contributed by atoms with van der Waals surface area (Å²) in [6, 6.07) is 1.51. The van der Waals surface area contributed by atoms with Crippen molar-refractivity contribution in [1.82, 2.24) is 0 Å². The topological polar surface area (TPSA) is 44.5 Å². The van der Waals surface area contributed by atoms with E-state index in [1.807, 2.05) is 13.8 Å². The summed E-state index contributed by atoms with van der Waals surface area (Å²) in [6.45, 7) is 4.51. The molecule has 0 bridgehead atoms. The molecule has 4 heteroatoms. The lowest BCUT2D eigenvalue weighted by molar-refractivity contribution is 0.334. The minimum Gasteiger partial charge on any atom is -0.492 e. The van der Waals surface area contributed by atoms with Gasteiger partial charge in [0.25, 0.3) is 0 Å². The van der Waals surface area contributed by atoms with Crippen LogP contribution < -0.4 is 15.2 Å². The van der Waals surface area contributed by atoms with Gasteiger partial charge in [-0.3, -0.25) is 0 Å². The van der Waals surface area contributed by atoms with E-state index in [2.05, 4.69) is 0 Å². The van der Waals surface area contributed by atoms with Crippen LogP contribution in [0.1, 0.15) is 30.4 Å². The van der Waals surface area contributed by atoms with Gasteiger partial charge in [0.2, 0.25) is 0 Å². The zero-order valence-electron chi connectivity index (χ0n) is 10.8. The molecule has 0 radical (unpaired) electrons. The molecule has 0 heterocycles.